The number of rotatable bonds is 5. The molecule has 1 atom stereocenters. The average Bonchev–Trinajstić information content (AvgIpc) is 1.98. The summed E-state index contributed by atoms with van der Waals surface area (Å²) in [5.41, 5.74) is 0. The summed E-state index contributed by atoms with van der Waals surface area (Å²) in [7, 11) is 6.44. The second kappa shape index (κ2) is 5.55. The first-order valence-corrected chi connectivity index (χ1v) is 4.80. The number of nitrogens with zero attached hydrogens (tertiary/aromatic N) is 2. The largest absolute Gasteiger partial charge is 0.308 e. The van der Waals surface area contributed by atoms with Crippen LogP contribution in [-0.4, -0.2) is 50.1 Å². The fraction of sp³-hybridized carbons (Fsp3) is 1.00. The van der Waals surface area contributed by atoms with Crippen LogP contribution >= 0.6 is 0 Å². The Labute approximate surface area is 77.5 Å². The van der Waals surface area contributed by atoms with Crippen LogP contribution in [0.3, 0.4) is 0 Å². The molecule has 2 nitrogen and oxygen atoms in total. The van der Waals surface area contributed by atoms with Gasteiger partial charge in [-0.25, -0.2) is 0 Å². The topological polar surface area (TPSA) is 6.48 Å². The smallest absolute Gasteiger partial charge is 0.0109 e. The Morgan fingerprint density at radius 1 is 0.917 bits per heavy atom. The van der Waals surface area contributed by atoms with Gasteiger partial charge in [0.2, 0.25) is 0 Å². The van der Waals surface area contributed by atoms with Crippen LogP contribution in [0.2, 0.25) is 0 Å². The molecule has 0 radical (unpaired) electrons. The minimum atomic E-state index is 0.685. The summed E-state index contributed by atoms with van der Waals surface area (Å²) in [4.78, 5) is 4.65. The molecule has 0 fully saturated rings. The molecule has 0 saturated heterocycles. The van der Waals surface area contributed by atoms with Crippen molar-refractivity contribution in [1.29, 1.82) is 0 Å². The highest BCUT2D eigenvalue weighted by Gasteiger charge is 2.12. The van der Waals surface area contributed by atoms with Crippen LogP contribution in [0.5, 0.6) is 0 Å². The molecule has 0 amide bonds. The Balaban J connectivity index is 3.64. The fourth-order valence-electron chi connectivity index (χ4n) is 1.07. The summed E-state index contributed by atoms with van der Waals surface area (Å²) in [6.45, 7) is 9.15. The maximum atomic E-state index is 2.42. The van der Waals surface area contributed by atoms with E-state index in [0.29, 0.717) is 6.04 Å². The third kappa shape index (κ3) is 4.73. The molecule has 1 unspecified atom stereocenters. The first kappa shape index (κ1) is 11.9. The Morgan fingerprint density at radius 2 is 1.42 bits per heavy atom. The fourth-order valence-corrected chi connectivity index (χ4v) is 1.07. The zero-order chi connectivity index (χ0) is 9.72. The lowest BCUT2D eigenvalue weighted by Gasteiger charge is -2.28. The van der Waals surface area contributed by atoms with Crippen molar-refractivity contribution in [3.8, 4) is 0 Å². The van der Waals surface area contributed by atoms with Gasteiger partial charge in [-0.1, -0.05) is 13.8 Å². The van der Waals surface area contributed by atoms with E-state index in [4.69, 9.17) is 0 Å². The van der Waals surface area contributed by atoms with Gasteiger partial charge in [0.15, 0.2) is 0 Å². The molecule has 0 N–H and O–H groups in total. The molecule has 0 heterocycles. The van der Waals surface area contributed by atoms with E-state index < -0.39 is 0 Å². The molecule has 74 valence electrons. The van der Waals surface area contributed by atoms with Crippen molar-refractivity contribution in [2.75, 3.05) is 34.2 Å². The van der Waals surface area contributed by atoms with Crippen LogP contribution in [0.25, 0.3) is 0 Å². The SMILES string of the molecule is CC(C)C(C)N(C)CCN(C)C. The first-order valence-electron chi connectivity index (χ1n) is 4.80. The van der Waals surface area contributed by atoms with Crippen molar-refractivity contribution in [3.63, 3.8) is 0 Å². The van der Waals surface area contributed by atoms with Crippen molar-refractivity contribution in [1.82, 2.24) is 9.80 Å². The molecule has 0 aliphatic carbocycles. The van der Waals surface area contributed by atoms with E-state index in [-0.39, 0.29) is 0 Å². The Morgan fingerprint density at radius 3 is 1.75 bits per heavy atom. The first-order chi connectivity index (χ1) is 5.45. The van der Waals surface area contributed by atoms with Gasteiger partial charge >= 0.3 is 0 Å². The van der Waals surface area contributed by atoms with E-state index in [1.807, 2.05) is 0 Å². The van der Waals surface area contributed by atoms with Crippen LogP contribution in [0.15, 0.2) is 0 Å². The summed E-state index contributed by atoms with van der Waals surface area (Å²) in [6.07, 6.45) is 0. The van der Waals surface area contributed by atoms with E-state index in [1.165, 1.54) is 0 Å². The summed E-state index contributed by atoms with van der Waals surface area (Å²) in [5, 5.41) is 0. The van der Waals surface area contributed by atoms with E-state index >= 15 is 0 Å². The number of likely N-dealkylation sites (N-methyl/N-ethyl adjacent to an activating group) is 2. The molecular formula is C10H24N2. The lowest BCUT2D eigenvalue weighted by atomic mass is 10.1. The standard InChI is InChI=1S/C10H24N2/c1-9(2)10(3)12(6)8-7-11(4)5/h9-10H,7-8H2,1-6H3. The predicted molar refractivity (Wildman–Crippen MR) is 55.5 cm³/mol. The maximum Gasteiger partial charge on any atom is 0.0109 e. The lowest BCUT2D eigenvalue weighted by molar-refractivity contribution is 0.190. The third-order valence-corrected chi connectivity index (χ3v) is 2.56. The van der Waals surface area contributed by atoms with E-state index in [9.17, 15) is 0 Å². The molecular weight excluding hydrogens is 148 g/mol. The summed E-state index contributed by atoms with van der Waals surface area (Å²) in [6, 6.07) is 0.685. The summed E-state index contributed by atoms with van der Waals surface area (Å²) in [5.74, 6) is 0.747. The molecule has 0 saturated carbocycles. The Bertz CT molecular complexity index is 110. The van der Waals surface area contributed by atoms with Crippen molar-refractivity contribution < 1.29 is 0 Å². The van der Waals surface area contributed by atoms with Gasteiger partial charge in [-0.2, -0.15) is 0 Å². The van der Waals surface area contributed by atoms with Gasteiger partial charge in [-0.15, -0.1) is 0 Å². The Hall–Kier alpha value is -0.0800. The highest BCUT2D eigenvalue weighted by atomic mass is 15.2. The van der Waals surface area contributed by atoms with Gasteiger partial charge in [0, 0.05) is 19.1 Å². The van der Waals surface area contributed by atoms with Crippen molar-refractivity contribution in [2.24, 2.45) is 5.92 Å². The zero-order valence-corrected chi connectivity index (χ0v) is 9.46. The highest BCUT2D eigenvalue weighted by Crippen LogP contribution is 2.06. The van der Waals surface area contributed by atoms with Gasteiger partial charge < -0.3 is 9.80 Å². The minimum Gasteiger partial charge on any atom is -0.308 e. The molecule has 0 aromatic carbocycles. The number of hydrogen-bond acceptors (Lipinski definition) is 2. The molecule has 0 spiro atoms. The molecule has 2 heteroatoms. The van der Waals surface area contributed by atoms with Gasteiger partial charge in [-0.3, -0.25) is 0 Å². The second-order valence-electron chi connectivity index (χ2n) is 4.27. The van der Waals surface area contributed by atoms with Crippen LogP contribution in [0.1, 0.15) is 20.8 Å². The van der Waals surface area contributed by atoms with Gasteiger partial charge in [0.25, 0.3) is 0 Å². The van der Waals surface area contributed by atoms with E-state index in [2.05, 4.69) is 51.7 Å². The maximum absolute atomic E-state index is 2.42. The third-order valence-electron chi connectivity index (χ3n) is 2.56. The molecule has 0 bridgehead atoms. The monoisotopic (exact) mass is 172 g/mol. The van der Waals surface area contributed by atoms with Crippen LogP contribution in [-0.2, 0) is 0 Å². The van der Waals surface area contributed by atoms with Crippen molar-refractivity contribution in [3.05, 3.63) is 0 Å². The molecule has 0 aromatic heterocycles. The second-order valence-corrected chi connectivity index (χ2v) is 4.27. The average molecular weight is 172 g/mol. The minimum absolute atomic E-state index is 0.685. The quantitative estimate of drug-likeness (QED) is 0.620. The van der Waals surface area contributed by atoms with Crippen LogP contribution in [0, 0.1) is 5.92 Å². The normalized spacial score (nSPS) is 14.8. The molecule has 0 aliphatic rings. The highest BCUT2D eigenvalue weighted by molar-refractivity contribution is 4.67. The van der Waals surface area contributed by atoms with Crippen molar-refractivity contribution in [2.45, 2.75) is 26.8 Å². The summed E-state index contributed by atoms with van der Waals surface area (Å²) < 4.78 is 0. The van der Waals surface area contributed by atoms with Gasteiger partial charge in [-0.05, 0) is 34.0 Å². The van der Waals surface area contributed by atoms with E-state index in [1.54, 1.807) is 0 Å². The summed E-state index contributed by atoms with van der Waals surface area (Å²) >= 11 is 0. The van der Waals surface area contributed by atoms with Crippen molar-refractivity contribution >= 4 is 0 Å². The zero-order valence-electron chi connectivity index (χ0n) is 9.46. The van der Waals surface area contributed by atoms with Gasteiger partial charge in [0.05, 0.1) is 0 Å². The predicted octanol–water partition coefficient (Wildman–Crippen LogP) is 1.52. The molecule has 12 heavy (non-hydrogen) atoms. The van der Waals surface area contributed by atoms with E-state index in [0.717, 1.165) is 19.0 Å². The van der Waals surface area contributed by atoms with Crippen LogP contribution in [0.4, 0.5) is 0 Å². The molecule has 0 aromatic rings. The van der Waals surface area contributed by atoms with Crippen LogP contribution < -0.4 is 0 Å². The van der Waals surface area contributed by atoms with Gasteiger partial charge in [0.1, 0.15) is 0 Å². The molecule has 0 aliphatic heterocycles. The Kier molecular flexibility index (Phi) is 5.51. The number of hydrogen-bond donors (Lipinski definition) is 0. The lowest BCUT2D eigenvalue weighted by Crippen LogP contribution is -2.37. The molecule has 0 rings (SSSR count).